The van der Waals surface area contributed by atoms with Crippen molar-refractivity contribution in [1.29, 1.82) is 0 Å². The number of ether oxygens (including phenoxy) is 1. The van der Waals surface area contributed by atoms with Crippen LogP contribution in [0.5, 0.6) is 5.75 Å². The summed E-state index contributed by atoms with van der Waals surface area (Å²) in [5, 5.41) is 4.88. The predicted molar refractivity (Wildman–Crippen MR) is 132 cm³/mol. The molecule has 0 saturated carbocycles. The summed E-state index contributed by atoms with van der Waals surface area (Å²) in [5.41, 5.74) is 3.09. The van der Waals surface area contributed by atoms with Crippen molar-refractivity contribution in [1.82, 2.24) is 5.32 Å². The highest BCUT2D eigenvalue weighted by Gasteiger charge is 2.36. The van der Waals surface area contributed by atoms with Crippen molar-refractivity contribution >= 4 is 41.2 Å². The predicted octanol–water partition coefficient (Wildman–Crippen LogP) is 4.13. The largest absolute Gasteiger partial charge is 0.484 e. The van der Waals surface area contributed by atoms with Crippen LogP contribution in [0.2, 0.25) is 0 Å². The van der Waals surface area contributed by atoms with Gasteiger partial charge in [-0.2, -0.15) is 0 Å². The van der Waals surface area contributed by atoms with Crippen LogP contribution in [0.4, 0.5) is 20.6 Å². The van der Waals surface area contributed by atoms with Crippen molar-refractivity contribution in [3.63, 3.8) is 0 Å². The first kappa shape index (κ1) is 24.3. The van der Waals surface area contributed by atoms with Gasteiger partial charge in [0.1, 0.15) is 17.1 Å². The molecule has 0 aromatic heterocycles. The van der Waals surface area contributed by atoms with Gasteiger partial charge in [-0.3, -0.25) is 19.7 Å². The van der Waals surface area contributed by atoms with E-state index in [0.717, 1.165) is 28.2 Å². The van der Waals surface area contributed by atoms with Crippen molar-refractivity contribution in [2.24, 2.45) is 0 Å². The maximum atomic E-state index is 13.3. The van der Waals surface area contributed by atoms with E-state index in [-0.39, 0.29) is 23.8 Å². The van der Waals surface area contributed by atoms with Gasteiger partial charge in [0.05, 0.1) is 5.69 Å². The molecule has 1 aliphatic rings. The third-order valence-electron chi connectivity index (χ3n) is 5.52. The molecule has 1 saturated heterocycles. The average molecular weight is 487 g/mol. The number of imide groups is 2. The third kappa shape index (κ3) is 5.47. The van der Waals surface area contributed by atoms with Gasteiger partial charge in [0.15, 0.2) is 6.61 Å². The SMILES string of the molecule is Cc1ccc(NC(=O)COc2cccc(/C=C3\C(=O)NC(=O)N(c4ccc(F)cc4)C3=O)c2)cc1C. The lowest BCUT2D eigenvalue weighted by atomic mass is 10.1. The molecule has 182 valence electrons. The number of rotatable bonds is 6. The van der Waals surface area contributed by atoms with Crippen LogP contribution < -0.4 is 20.3 Å². The fourth-order valence-corrected chi connectivity index (χ4v) is 3.51. The summed E-state index contributed by atoms with van der Waals surface area (Å²) in [6.45, 7) is 3.68. The third-order valence-corrected chi connectivity index (χ3v) is 5.52. The molecule has 0 spiro atoms. The standard InChI is InChI=1S/C27H22FN3O5/c1-16-6-9-20(12-17(16)2)29-24(32)15-36-22-5-3-4-18(13-22)14-23-25(33)30-27(35)31(26(23)34)21-10-7-19(28)8-11-21/h3-14H,15H2,1-2H3,(H,29,32)(H,30,33,35)/b23-14+. The van der Waals surface area contributed by atoms with E-state index in [1.807, 2.05) is 26.0 Å². The zero-order valence-electron chi connectivity index (χ0n) is 19.5. The van der Waals surface area contributed by atoms with Crippen molar-refractivity contribution in [2.45, 2.75) is 13.8 Å². The molecule has 0 unspecified atom stereocenters. The lowest BCUT2D eigenvalue weighted by molar-refractivity contribution is -0.122. The van der Waals surface area contributed by atoms with Gasteiger partial charge in [-0.15, -0.1) is 0 Å². The molecule has 36 heavy (non-hydrogen) atoms. The first-order valence-corrected chi connectivity index (χ1v) is 11.0. The molecule has 9 heteroatoms. The molecule has 2 N–H and O–H groups in total. The normalized spacial score (nSPS) is 14.6. The summed E-state index contributed by atoms with van der Waals surface area (Å²) in [5.74, 6) is -2.25. The van der Waals surface area contributed by atoms with Gasteiger partial charge in [-0.25, -0.2) is 14.1 Å². The summed E-state index contributed by atoms with van der Waals surface area (Å²) < 4.78 is 18.8. The Bertz CT molecular complexity index is 1400. The highest BCUT2D eigenvalue weighted by atomic mass is 19.1. The molecule has 0 bridgehead atoms. The van der Waals surface area contributed by atoms with Gasteiger partial charge in [0.25, 0.3) is 17.7 Å². The van der Waals surface area contributed by atoms with Gasteiger partial charge in [0.2, 0.25) is 0 Å². The Morgan fingerprint density at radius 2 is 1.75 bits per heavy atom. The number of halogens is 1. The zero-order chi connectivity index (χ0) is 25.8. The number of amides is 5. The number of nitrogens with zero attached hydrogens (tertiary/aromatic N) is 1. The smallest absolute Gasteiger partial charge is 0.335 e. The van der Waals surface area contributed by atoms with Crippen LogP contribution in [0.3, 0.4) is 0 Å². The fraction of sp³-hybridized carbons (Fsp3) is 0.111. The molecule has 1 aliphatic heterocycles. The maximum absolute atomic E-state index is 13.3. The van der Waals surface area contributed by atoms with Gasteiger partial charge >= 0.3 is 6.03 Å². The van der Waals surface area contributed by atoms with Crippen molar-refractivity contribution in [3.8, 4) is 5.75 Å². The minimum Gasteiger partial charge on any atom is -0.484 e. The highest BCUT2D eigenvalue weighted by molar-refractivity contribution is 6.39. The minimum absolute atomic E-state index is 0.115. The second-order valence-corrected chi connectivity index (χ2v) is 8.14. The summed E-state index contributed by atoms with van der Waals surface area (Å²) >= 11 is 0. The van der Waals surface area contributed by atoms with E-state index in [4.69, 9.17) is 4.74 Å². The number of nitrogens with one attached hydrogen (secondary N) is 2. The molecule has 0 aliphatic carbocycles. The van der Waals surface area contributed by atoms with E-state index < -0.39 is 23.7 Å². The van der Waals surface area contributed by atoms with E-state index in [2.05, 4.69) is 10.6 Å². The summed E-state index contributed by atoms with van der Waals surface area (Å²) in [7, 11) is 0. The number of aryl methyl sites for hydroxylation is 2. The topological polar surface area (TPSA) is 105 Å². The molecular formula is C27H22FN3O5. The van der Waals surface area contributed by atoms with E-state index >= 15 is 0 Å². The molecule has 3 aromatic rings. The van der Waals surface area contributed by atoms with E-state index in [9.17, 15) is 23.6 Å². The average Bonchev–Trinajstić information content (AvgIpc) is 2.84. The first-order valence-electron chi connectivity index (χ1n) is 11.0. The Labute approximate surface area is 206 Å². The van der Waals surface area contributed by atoms with Gasteiger partial charge in [-0.1, -0.05) is 18.2 Å². The summed E-state index contributed by atoms with van der Waals surface area (Å²) in [4.78, 5) is 50.6. The van der Waals surface area contributed by atoms with Gasteiger partial charge < -0.3 is 10.1 Å². The fourth-order valence-electron chi connectivity index (χ4n) is 3.51. The number of barbiturate groups is 1. The molecule has 0 radical (unpaired) electrons. The Hall–Kier alpha value is -4.79. The Kier molecular flexibility index (Phi) is 6.91. The highest BCUT2D eigenvalue weighted by Crippen LogP contribution is 2.23. The van der Waals surface area contributed by atoms with Crippen molar-refractivity contribution in [2.75, 3.05) is 16.8 Å². The number of hydrogen-bond donors (Lipinski definition) is 2. The van der Waals surface area contributed by atoms with Crippen LogP contribution in [-0.2, 0) is 14.4 Å². The molecule has 1 heterocycles. The van der Waals surface area contributed by atoms with Crippen LogP contribution in [0.1, 0.15) is 16.7 Å². The number of carbonyl (C=O) groups excluding carboxylic acids is 4. The maximum Gasteiger partial charge on any atom is 0.335 e. The van der Waals surface area contributed by atoms with Crippen LogP contribution in [0.25, 0.3) is 6.08 Å². The first-order chi connectivity index (χ1) is 17.2. The minimum atomic E-state index is -0.930. The number of anilines is 2. The summed E-state index contributed by atoms with van der Waals surface area (Å²) in [6.07, 6.45) is 1.31. The Morgan fingerprint density at radius 3 is 2.47 bits per heavy atom. The second kappa shape index (κ2) is 10.2. The molecule has 5 amide bonds. The van der Waals surface area contributed by atoms with E-state index in [1.54, 1.807) is 30.3 Å². The quantitative estimate of drug-likeness (QED) is 0.402. The number of carbonyl (C=O) groups is 4. The monoisotopic (exact) mass is 487 g/mol. The van der Waals surface area contributed by atoms with Crippen LogP contribution in [-0.4, -0.2) is 30.4 Å². The molecular weight excluding hydrogens is 465 g/mol. The van der Waals surface area contributed by atoms with Gasteiger partial charge in [0, 0.05) is 5.69 Å². The van der Waals surface area contributed by atoms with Crippen molar-refractivity contribution in [3.05, 3.63) is 94.8 Å². The molecule has 8 nitrogen and oxygen atoms in total. The van der Waals surface area contributed by atoms with E-state index in [1.165, 1.54) is 18.2 Å². The number of hydrogen-bond acceptors (Lipinski definition) is 5. The van der Waals surface area contributed by atoms with Crippen LogP contribution in [0.15, 0.2) is 72.3 Å². The Morgan fingerprint density at radius 1 is 1.00 bits per heavy atom. The van der Waals surface area contributed by atoms with Crippen LogP contribution >= 0.6 is 0 Å². The van der Waals surface area contributed by atoms with Crippen molar-refractivity contribution < 1.29 is 28.3 Å². The van der Waals surface area contributed by atoms with E-state index in [0.29, 0.717) is 17.0 Å². The Balaban J connectivity index is 1.47. The number of benzene rings is 3. The lowest BCUT2D eigenvalue weighted by Crippen LogP contribution is -2.54. The van der Waals surface area contributed by atoms with Crippen LogP contribution in [0, 0.1) is 19.7 Å². The number of urea groups is 1. The molecule has 0 atom stereocenters. The lowest BCUT2D eigenvalue weighted by Gasteiger charge is -2.26. The van der Waals surface area contributed by atoms with Gasteiger partial charge in [-0.05, 0) is 85.1 Å². The molecule has 3 aromatic carbocycles. The second-order valence-electron chi connectivity index (χ2n) is 8.14. The molecule has 4 rings (SSSR count). The molecule has 1 fully saturated rings. The summed E-state index contributed by atoms with van der Waals surface area (Å²) in [6, 6.07) is 15.8. The zero-order valence-corrected chi connectivity index (χ0v) is 19.5.